The van der Waals surface area contributed by atoms with E-state index < -0.39 is 0 Å². The summed E-state index contributed by atoms with van der Waals surface area (Å²) in [5.74, 6) is -0.0932. The first kappa shape index (κ1) is 17.5. The van der Waals surface area contributed by atoms with E-state index in [1.807, 2.05) is 36.1 Å². The molecule has 0 spiro atoms. The number of hydrogen-bond acceptors (Lipinski definition) is 3. The number of likely N-dealkylation sites (tertiary alicyclic amines) is 1. The number of nitrogens with two attached hydrogens (primary N) is 1. The number of para-hydroxylation sites is 1. The fraction of sp³-hybridized carbons (Fsp3) is 0.412. The van der Waals surface area contributed by atoms with Crippen LogP contribution in [0.2, 0.25) is 0 Å². The number of rotatable bonds is 2. The fourth-order valence-corrected chi connectivity index (χ4v) is 3.29. The van der Waals surface area contributed by atoms with Gasteiger partial charge in [-0.3, -0.25) is 9.59 Å². The van der Waals surface area contributed by atoms with Crippen molar-refractivity contribution in [3.05, 3.63) is 46.2 Å². The topological polar surface area (TPSA) is 79.2 Å². The van der Waals surface area contributed by atoms with Crippen LogP contribution in [0, 0.1) is 0 Å². The summed E-state index contributed by atoms with van der Waals surface area (Å²) in [5.41, 5.74) is 6.95. The van der Waals surface area contributed by atoms with Gasteiger partial charge in [-0.15, -0.1) is 12.4 Å². The third-order valence-corrected chi connectivity index (χ3v) is 4.40. The van der Waals surface area contributed by atoms with Crippen LogP contribution in [-0.4, -0.2) is 34.4 Å². The maximum atomic E-state index is 13.0. The van der Waals surface area contributed by atoms with Crippen molar-refractivity contribution in [2.75, 3.05) is 6.54 Å². The molecule has 0 aliphatic carbocycles. The van der Waals surface area contributed by atoms with Crippen LogP contribution in [0.15, 0.2) is 35.1 Å². The third-order valence-electron chi connectivity index (χ3n) is 4.40. The number of halogens is 1. The molecule has 2 aromatic rings. The third kappa shape index (κ3) is 3.41. The van der Waals surface area contributed by atoms with Crippen LogP contribution >= 0.6 is 12.4 Å². The van der Waals surface area contributed by atoms with Crippen molar-refractivity contribution < 1.29 is 4.79 Å². The second-order valence-electron chi connectivity index (χ2n) is 6.01. The first-order chi connectivity index (χ1) is 10.6. The number of carbonyl (C=O) groups is 1. The maximum Gasteiger partial charge on any atom is 0.255 e. The van der Waals surface area contributed by atoms with Gasteiger partial charge in [0.1, 0.15) is 0 Å². The van der Waals surface area contributed by atoms with Gasteiger partial charge in [0.05, 0.1) is 5.56 Å². The molecular formula is C17H22ClN3O2. The lowest BCUT2D eigenvalue weighted by molar-refractivity contribution is 0.0585. The highest BCUT2D eigenvalue weighted by Crippen LogP contribution is 2.23. The van der Waals surface area contributed by atoms with Crippen LogP contribution in [0.25, 0.3) is 10.9 Å². The second-order valence-corrected chi connectivity index (χ2v) is 6.01. The average molecular weight is 336 g/mol. The van der Waals surface area contributed by atoms with Gasteiger partial charge in [0.25, 0.3) is 5.91 Å². The lowest BCUT2D eigenvalue weighted by Gasteiger charge is -2.38. The number of aromatic nitrogens is 1. The Morgan fingerprint density at radius 2 is 2.09 bits per heavy atom. The van der Waals surface area contributed by atoms with Crippen molar-refractivity contribution in [3.8, 4) is 0 Å². The minimum Gasteiger partial charge on any atom is -0.334 e. The van der Waals surface area contributed by atoms with E-state index in [9.17, 15) is 9.59 Å². The molecule has 2 atom stereocenters. The molecule has 1 saturated heterocycles. The number of H-pyrrole nitrogens is 1. The lowest BCUT2D eigenvalue weighted by Crippen LogP contribution is -2.51. The number of benzene rings is 1. The van der Waals surface area contributed by atoms with Gasteiger partial charge in [-0.2, -0.15) is 0 Å². The molecule has 1 fully saturated rings. The Morgan fingerprint density at radius 1 is 1.35 bits per heavy atom. The van der Waals surface area contributed by atoms with Gasteiger partial charge in [0, 0.05) is 35.6 Å². The molecule has 6 heteroatoms. The molecule has 1 aliphatic rings. The van der Waals surface area contributed by atoms with Crippen LogP contribution in [0.5, 0.6) is 0 Å². The van der Waals surface area contributed by atoms with Crippen molar-refractivity contribution in [2.24, 2.45) is 5.73 Å². The quantitative estimate of drug-likeness (QED) is 0.883. The first-order valence-corrected chi connectivity index (χ1v) is 7.76. The summed E-state index contributed by atoms with van der Waals surface area (Å²) < 4.78 is 0. The van der Waals surface area contributed by atoms with E-state index in [4.69, 9.17) is 5.73 Å². The summed E-state index contributed by atoms with van der Waals surface area (Å²) in [6.07, 6.45) is 2.99. The van der Waals surface area contributed by atoms with Gasteiger partial charge in [-0.1, -0.05) is 18.2 Å². The summed E-state index contributed by atoms with van der Waals surface area (Å²) in [6, 6.07) is 8.76. The second kappa shape index (κ2) is 7.15. The van der Waals surface area contributed by atoms with E-state index in [1.165, 1.54) is 6.07 Å². The largest absolute Gasteiger partial charge is 0.334 e. The van der Waals surface area contributed by atoms with Crippen molar-refractivity contribution in [2.45, 2.75) is 38.3 Å². The molecule has 2 unspecified atom stereocenters. The molecule has 5 nitrogen and oxygen atoms in total. The number of aromatic amines is 1. The number of hydrogen-bond donors (Lipinski definition) is 2. The summed E-state index contributed by atoms with van der Waals surface area (Å²) in [5, 5.41) is 0.779. The van der Waals surface area contributed by atoms with Gasteiger partial charge >= 0.3 is 0 Å². The number of amides is 1. The van der Waals surface area contributed by atoms with E-state index in [-0.39, 0.29) is 36.0 Å². The zero-order valence-corrected chi connectivity index (χ0v) is 13.9. The molecule has 2 heterocycles. The predicted molar refractivity (Wildman–Crippen MR) is 94.1 cm³/mol. The summed E-state index contributed by atoms with van der Waals surface area (Å²) in [7, 11) is 0. The van der Waals surface area contributed by atoms with Crippen molar-refractivity contribution in [1.82, 2.24) is 9.88 Å². The molecule has 3 rings (SSSR count). The number of pyridine rings is 1. The van der Waals surface area contributed by atoms with Crippen molar-refractivity contribution in [1.29, 1.82) is 0 Å². The molecule has 1 aromatic heterocycles. The van der Waals surface area contributed by atoms with E-state index in [0.717, 1.165) is 24.6 Å². The molecule has 1 aliphatic heterocycles. The number of nitrogens with one attached hydrogen (secondary N) is 1. The number of fused-ring (bicyclic) bond motifs is 1. The van der Waals surface area contributed by atoms with Gasteiger partial charge in [0.2, 0.25) is 5.56 Å². The van der Waals surface area contributed by atoms with Crippen molar-refractivity contribution >= 4 is 29.2 Å². The highest BCUT2D eigenvalue weighted by molar-refractivity contribution is 6.06. The average Bonchev–Trinajstić information content (AvgIpc) is 2.53. The zero-order valence-electron chi connectivity index (χ0n) is 13.1. The van der Waals surface area contributed by atoms with Gasteiger partial charge < -0.3 is 15.6 Å². The van der Waals surface area contributed by atoms with E-state index in [2.05, 4.69) is 4.98 Å². The lowest BCUT2D eigenvalue weighted by atomic mass is 9.95. The number of carbonyl (C=O) groups excluding carboxylic acids is 1. The predicted octanol–water partition coefficient (Wildman–Crippen LogP) is 2.29. The highest BCUT2D eigenvalue weighted by Gasteiger charge is 2.30. The van der Waals surface area contributed by atoms with E-state index in [0.29, 0.717) is 17.6 Å². The van der Waals surface area contributed by atoms with Crippen molar-refractivity contribution in [3.63, 3.8) is 0 Å². The molecule has 1 amide bonds. The fourth-order valence-electron chi connectivity index (χ4n) is 3.29. The summed E-state index contributed by atoms with van der Waals surface area (Å²) in [6.45, 7) is 2.64. The SMILES string of the molecule is CC(N)C1CCCCN1C(=O)c1cc(=O)[nH]c2ccccc12.Cl. The molecular weight excluding hydrogens is 314 g/mol. The Morgan fingerprint density at radius 3 is 2.83 bits per heavy atom. The molecule has 3 N–H and O–H groups in total. The van der Waals surface area contributed by atoms with Gasteiger partial charge in [0.15, 0.2) is 0 Å². The highest BCUT2D eigenvalue weighted by atomic mass is 35.5. The number of nitrogens with zero attached hydrogens (tertiary/aromatic N) is 1. The normalized spacial score (nSPS) is 19.2. The summed E-state index contributed by atoms with van der Waals surface area (Å²) >= 11 is 0. The van der Waals surface area contributed by atoms with E-state index >= 15 is 0 Å². The van der Waals surface area contributed by atoms with Gasteiger partial charge in [-0.05, 0) is 32.3 Å². The minimum atomic E-state index is -0.253. The Bertz CT molecular complexity index is 757. The van der Waals surface area contributed by atoms with E-state index in [1.54, 1.807) is 0 Å². The Kier molecular flexibility index (Phi) is 5.44. The molecule has 1 aromatic carbocycles. The van der Waals surface area contributed by atoms with Crippen LogP contribution in [0.4, 0.5) is 0 Å². The smallest absolute Gasteiger partial charge is 0.255 e. The maximum absolute atomic E-state index is 13.0. The monoisotopic (exact) mass is 335 g/mol. The Balaban J connectivity index is 0.00000192. The van der Waals surface area contributed by atoms with Crippen LogP contribution in [0.3, 0.4) is 0 Å². The number of piperidine rings is 1. The molecule has 0 saturated carbocycles. The minimum absolute atomic E-state index is 0. The van der Waals surface area contributed by atoms with Crippen LogP contribution < -0.4 is 11.3 Å². The van der Waals surface area contributed by atoms with Crippen LogP contribution in [-0.2, 0) is 0 Å². The summed E-state index contributed by atoms with van der Waals surface area (Å²) in [4.78, 5) is 29.5. The standard InChI is InChI=1S/C17H21N3O2.ClH/c1-11(18)15-8-4-5-9-20(15)17(22)13-10-16(21)19-14-7-3-2-6-12(13)14;/h2-3,6-7,10-11,15H,4-5,8-9,18H2,1H3,(H,19,21);1H. The molecule has 124 valence electrons. The zero-order chi connectivity index (χ0) is 15.7. The molecule has 0 radical (unpaired) electrons. The van der Waals surface area contributed by atoms with Gasteiger partial charge in [-0.25, -0.2) is 0 Å². The molecule has 0 bridgehead atoms. The van der Waals surface area contributed by atoms with Crippen LogP contribution in [0.1, 0.15) is 36.5 Å². The Labute approximate surface area is 141 Å². The Hall–Kier alpha value is -1.85. The molecule has 23 heavy (non-hydrogen) atoms. The first-order valence-electron chi connectivity index (χ1n) is 7.76.